The first-order chi connectivity index (χ1) is 7.93. The fourth-order valence-electron chi connectivity index (χ4n) is 2.41. The third-order valence-electron chi connectivity index (χ3n) is 3.73. The van der Waals surface area contributed by atoms with Gasteiger partial charge in [-0.3, -0.25) is 0 Å². The van der Waals surface area contributed by atoms with Gasteiger partial charge in [0.1, 0.15) is 5.82 Å². The molecule has 0 amide bonds. The van der Waals surface area contributed by atoms with Gasteiger partial charge in [-0.15, -0.1) is 0 Å². The van der Waals surface area contributed by atoms with Crippen molar-refractivity contribution in [3.63, 3.8) is 0 Å². The summed E-state index contributed by atoms with van der Waals surface area (Å²) in [5.41, 5.74) is 0.878. The number of halogens is 2. The molecule has 0 aromatic heterocycles. The van der Waals surface area contributed by atoms with E-state index in [1.165, 1.54) is 0 Å². The minimum absolute atomic E-state index is 0.0205. The average Bonchev–Trinajstić information content (AvgIpc) is 2.87. The van der Waals surface area contributed by atoms with Crippen LogP contribution in [0.15, 0.2) is 22.7 Å². The van der Waals surface area contributed by atoms with Crippen LogP contribution in [0, 0.1) is 11.7 Å². The quantitative estimate of drug-likeness (QED) is 0.890. The fraction of sp³-hybridized carbons (Fsp3) is 0.571. The van der Waals surface area contributed by atoms with Crippen molar-refractivity contribution in [3.8, 4) is 0 Å². The summed E-state index contributed by atoms with van der Waals surface area (Å²) in [6, 6.07) is 5.89. The van der Waals surface area contributed by atoms with Gasteiger partial charge in [0.05, 0.1) is 0 Å². The van der Waals surface area contributed by atoms with Gasteiger partial charge in [0.2, 0.25) is 0 Å². The van der Waals surface area contributed by atoms with Crippen LogP contribution in [0.5, 0.6) is 0 Å². The molecule has 2 unspecified atom stereocenters. The Balaban J connectivity index is 2.08. The molecule has 1 fully saturated rings. The van der Waals surface area contributed by atoms with Crippen molar-refractivity contribution in [3.05, 3.63) is 34.1 Å². The maximum Gasteiger partial charge on any atom is 0.128 e. The van der Waals surface area contributed by atoms with Gasteiger partial charge in [-0.2, -0.15) is 0 Å². The van der Waals surface area contributed by atoms with Crippen LogP contribution >= 0.6 is 15.9 Å². The summed E-state index contributed by atoms with van der Waals surface area (Å²) in [5, 5.41) is 3.43. The summed E-state index contributed by atoms with van der Waals surface area (Å²) in [5.74, 6) is 0.467. The smallest absolute Gasteiger partial charge is 0.128 e. The van der Waals surface area contributed by atoms with Gasteiger partial charge in [-0.05, 0) is 42.0 Å². The molecule has 0 radical (unpaired) electrons. The molecule has 94 valence electrons. The lowest BCUT2D eigenvalue weighted by Gasteiger charge is -2.15. The number of hydrogen-bond acceptors (Lipinski definition) is 1. The van der Waals surface area contributed by atoms with Crippen LogP contribution in [-0.2, 0) is 5.41 Å². The fourth-order valence-corrected chi connectivity index (χ4v) is 2.74. The summed E-state index contributed by atoms with van der Waals surface area (Å²) in [6.07, 6.45) is 1.07. The van der Waals surface area contributed by atoms with Crippen molar-refractivity contribution in [2.45, 2.75) is 38.6 Å². The molecule has 0 heterocycles. The highest BCUT2D eigenvalue weighted by atomic mass is 79.9. The van der Waals surface area contributed by atoms with Gasteiger partial charge in [0.25, 0.3) is 0 Å². The molecule has 0 aliphatic heterocycles. The predicted octanol–water partition coefficient (Wildman–Crippen LogP) is 3.86. The zero-order chi connectivity index (χ0) is 12.6. The van der Waals surface area contributed by atoms with Crippen molar-refractivity contribution in [1.29, 1.82) is 0 Å². The molecule has 1 aromatic rings. The van der Waals surface area contributed by atoms with Gasteiger partial charge in [0, 0.05) is 10.5 Å². The summed E-state index contributed by atoms with van der Waals surface area (Å²) in [7, 11) is 0. The van der Waals surface area contributed by atoms with Crippen molar-refractivity contribution in [1.82, 2.24) is 5.32 Å². The SMILES string of the molecule is CC(C)NCC1CC1(C)c1ccc(Br)cc1F. The van der Waals surface area contributed by atoms with Gasteiger partial charge in [-0.1, -0.05) is 42.8 Å². The first-order valence-corrected chi connectivity index (χ1v) is 6.91. The molecule has 1 N–H and O–H groups in total. The van der Waals surface area contributed by atoms with E-state index in [1.54, 1.807) is 6.07 Å². The summed E-state index contributed by atoms with van der Waals surface area (Å²) in [4.78, 5) is 0. The average molecular weight is 300 g/mol. The molecule has 1 aromatic carbocycles. The number of nitrogens with one attached hydrogen (secondary N) is 1. The highest BCUT2D eigenvalue weighted by molar-refractivity contribution is 9.10. The third-order valence-corrected chi connectivity index (χ3v) is 4.22. The molecule has 1 nitrogen and oxygen atoms in total. The monoisotopic (exact) mass is 299 g/mol. The van der Waals surface area contributed by atoms with Crippen molar-refractivity contribution in [2.75, 3.05) is 6.54 Å². The second-order valence-electron chi connectivity index (χ2n) is 5.51. The van der Waals surface area contributed by atoms with Crippen molar-refractivity contribution < 1.29 is 4.39 Å². The zero-order valence-electron chi connectivity index (χ0n) is 10.6. The van der Waals surface area contributed by atoms with E-state index in [4.69, 9.17) is 0 Å². The molecular formula is C14H19BrFN. The molecule has 2 atom stereocenters. The lowest BCUT2D eigenvalue weighted by atomic mass is 9.95. The summed E-state index contributed by atoms with van der Waals surface area (Å²) in [6.45, 7) is 7.41. The van der Waals surface area contributed by atoms with E-state index < -0.39 is 0 Å². The Kier molecular flexibility index (Phi) is 3.60. The Morgan fingerprint density at radius 3 is 2.82 bits per heavy atom. The Morgan fingerprint density at radius 1 is 1.53 bits per heavy atom. The highest BCUT2D eigenvalue weighted by Crippen LogP contribution is 2.54. The highest BCUT2D eigenvalue weighted by Gasteiger charge is 2.51. The Hall–Kier alpha value is -0.410. The standard InChI is InChI=1S/C14H19BrFN/c1-9(2)17-8-10-7-14(10,3)12-5-4-11(15)6-13(12)16/h4-6,9-10,17H,7-8H2,1-3H3. The Labute approximate surface area is 111 Å². The lowest BCUT2D eigenvalue weighted by Crippen LogP contribution is -2.27. The van der Waals surface area contributed by atoms with Crippen molar-refractivity contribution in [2.24, 2.45) is 5.92 Å². The second-order valence-corrected chi connectivity index (χ2v) is 6.42. The molecule has 1 aliphatic carbocycles. The third kappa shape index (κ3) is 2.71. The largest absolute Gasteiger partial charge is 0.314 e. The summed E-state index contributed by atoms with van der Waals surface area (Å²) < 4.78 is 14.7. The number of hydrogen-bond donors (Lipinski definition) is 1. The van der Waals surface area contributed by atoms with E-state index >= 15 is 0 Å². The predicted molar refractivity (Wildman–Crippen MR) is 72.7 cm³/mol. The molecule has 0 spiro atoms. The van der Waals surface area contributed by atoms with Gasteiger partial charge >= 0.3 is 0 Å². The minimum atomic E-state index is -0.0890. The van der Waals surface area contributed by atoms with E-state index in [-0.39, 0.29) is 11.2 Å². The lowest BCUT2D eigenvalue weighted by molar-refractivity contribution is 0.513. The first kappa shape index (κ1) is 13.0. The van der Waals surface area contributed by atoms with Crippen LogP contribution in [0.1, 0.15) is 32.8 Å². The number of benzene rings is 1. The van der Waals surface area contributed by atoms with Crippen LogP contribution in [-0.4, -0.2) is 12.6 Å². The molecular weight excluding hydrogens is 281 g/mol. The zero-order valence-corrected chi connectivity index (χ0v) is 12.1. The molecule has 0 bridgehead atoms. The van der Waals surface area contributed by atoms with Crippen LogP contribution in [0.3, 0.4) is 0 Å². The van der Waals surface area contributed by atoms with Crippen LogP contribution in [0.4, 0.5) is 4.39 Å². The topological polar surface area (TPSA) is 12.0 Å². The molecule has 3 heteroatoms. The van der Waals surface area contributed by atoms with Crippen LogP contribution in [0.2, 0.25) is 0 Å². The number of rotatable bonds is 4. The molecule has 2 rings (SSSR count). The maximum atomic E-state index is 13.9. The Morgan fingerprint density at radius 2 is 2.24 bits per heavy atom. The molecule has 1 saturated carbocycles. The normalized spacial score (nSPS) is 27.5. The Bertz CT molecular complexity index is 419. The van der Waals surface area contributed by atoms with E-state index in [0.717, 1.165) is 23.0 Å². The first-order valence-electron chi connectivity index (χ1n) is 6.12. The molecule has 17 heavy (non-hydrogen) atoms. The van der Waals surface area contributed by atoms with Gasteiger partial charge in [-0.25, -0.2) is 4.39 Å². The molecule has 1 aliphatic rings. The summed E-state index contributed by atoms with van der Waals surface area (Å²) >= 11 is 3.30. The van der Waals surface area contributed by atoms with E-state index in [1.807, 2.05) is 12.1 Å². The van der Waals surface area contributed by atoms with E-state index in [0.29, 0.717) is 12.0 Å². The van der Waals surface area contributed by atoms with Gasteiger partial charge < -0.3 is 5.32 Å². The van der Waals surface area contributed by atoms with Crippen LogP contribution < -0.4 is 5.32 Å². The second kappa shape index (κ2) is 4.69. The van der Waals surface area contributed by atoms with E-state index in [9.17, 15) is 4.39 Å². The van der Waals surface area contributed by atoms with E-state index in [2.05, 4.69) is 42.0 Å². The van der Waals surface area contributed by atoms with Crippen LogP contribution in [0.25, 0.3) is 0 Å². The maximum absolute atomic E-state index is 13.9. The minimum Gasteiger partial charge on any atom is -0.314 e. The van der Waals surface area contributed by atoms with Gasteiger partial charge in [0.15, 0.2) is 0 Å². The van der Waals surface area contributed by atoms with Crippen molar-refractivity contribution >= 4 is 15.9 Å². The molecule has 0 saturated heterocycles.